The minimum atomic E-state index is -0.0972. The van der Waals surface area contributed by atoms with E-state index in [9.17, 15) is 4.79 Å². The second-order valence-corrected chi connectivity index (χ2v) is 8.16. The Bertz CT molecular complexity index is 1180. The highest BCUT2D eigenvalue weighted by Crippen LogP contribution is 2.27. The Balaban J connectivity index is 1.36. The molecule has 1 heterocycles. The van der Waals surface area contributed by atoms with Gasteiger partial charge in [-0.1, -0.05) is 78.5 Å². The molecule has 1 aromatic heterocycles. The molecule has 32 heavy (non-hydrogen) atoms. The van der Waals surface area contributed by atoms with Crippen LogP contribution in [0, 0.1) is 0 Å². The minimum Gasteiger partial charge on any atom is -0.495 e. The van der Waals surface area contributed by atoms with E-state index in [-0.39, 0.29) is 17.7 Å². The van der Waals surface area contributed by atoms with Crippen molar-refractivity contribution in [2.45, 2.75) is 18.1 Å². The fourth-order valence-electron chi connectivity index (χ4n) is 3.41. The summed E-state index contributed by atoms with van der Waals surface area (Å²) in [5.74, 6) is 0.885. The van der Waals surface area contributed by atoms with Crippen LogP contribution in [0.4, 0.5) is 0 Å². The van der Waals surface area contributed by atoms with Crippen LogP contribution >= 0.6 is 11.8 Å². The molecule has 0 unspecified atom stereocenters. The Morgan fingerprint density at radius 2 is 1.69 bits per heavy atom. The van der Waals surface area contributed by atoms with Crippen LogP contribution in [0.25, 0.3) is 16.8 Å². The maximum absolute atomic E-state index is 12.6. The van der Waals surface area contributed by atoms with Crippen LogP contribution in [0.5, 0.6) is 5.75 Å². The molecule has 1 N–H and O–H groups in total. The normalized spacial score (nSPS) is 11.7. The molecule has 7 heteroatoms. The Kier molecular flexibility index (Phi) is 6.87. The fourth-order valence-corrected chi connectivity index (χ4v) is 4.14. The van der Waals surface area contributed by atoms with Crippen molar-refractivity contribution in [2.24, 2.45) is 0 Å². The summed E-state index contributed by atoms with van der Waals surface area (Å²) in [7, 11) is 1.62. The molecule has 0 spiro atoms. The molecule has 0 fully saturated rings. The molecule has 0 saturated carbocycles. The zero-order chi connectivity index (χ0) is 22.3. The highest BCUT2D eigenvalue weighted by Gasteiger charge is 2.15. The van der Waals surface area contributed by atoms with Crippen LogP contribution in [-0.4, -0.2) is 33.5 Å². The van der Waals surface area contributed by atoms with Gasteiger partial charge in [0.05, 0.1) is 24.6 Å². The summed E-state index contributed by atoms with van der Waals surface area (Å²) in [5.41, 5.74) is 4.21. The molecular formula is C25H24N4O2S. The van der Waals surface area contributed by atoms with Crippen molar-refractivity contribution < 1.29 is 9.53 Å². The van der Waals surface area contributed by atoms with Crippen molar-refractivity contribution in [1.29, 1.82) is 0 Å². The van der Waals surface area contributed by atoms with Crippen LogP contribution in [0.15, 0.2) is 90.3 Å². The van der Waals surface area contributed by atoms with Crippen molar-refractivity contribution in [2.75, 3.05) is 12.9 Å². The van der Waals surface area contributed by atoms with E-state index in [1.165, 1.54) is 17.3 Å². The Labute approximate surface area is 191 Å². The van der Waals surface area contributed by atoms with E-state index in [0.717, 1.165) is 16.8 Å². The van der Waals surface area contributed by atoms with Crippen LogP contribution in [0.1, 0.15) is 18.5 Å². The van der Waals surface area contributed by atoms with Crippen LogP contribution in [0.3, 0.4) is 0 Å². The average molecular weight is 445 g/mol. The molecule has 0 radical (unpaired) electrons. The molecule has 162 valence electrons. The lowest BCUT2D eigenvalue weighted by molar-refractivity contribution is -0.119. The summed E-state index contributed by atoms with van der Waals surface area (Å²) in [5, 5.41) is 11.8. The zero-order valence-electron chi connectivity index (χ0n) is 17.9. The van der Waals surface area contributed by atoms with E-state index in [1.54, 1.807) is 13.4 Å². The van der Waals surface area contributed by atoms with Gasteiger partial charge in [-0.15, -0.1) is 10.2 Å². The number of methoxy groups -OCH3 is 1. The van der Waals surface area contributed by atoms with Crippen LogP contribution in [-0.2, 0) is 4.79 Å². The van der Waals surface area contributed by atoms with Crippen LogP contribution < -0.4 is 10.1 Å². The first-order valence-electron chi connectivity index (χ1n) is 10.3. The van der Waals surface area contributed by atoms with Gasteiger partial charge in [0, 0.05) is 0 Å². The van der Waals surface area contributed by atoms with E-state index in [4.69, 9.17) is 4.74 Å². The largest absolute Gasteiger partial charge is 0.495 e. The molecule has 0 saturated heterocycles. The number of nitrogens with one attached hydrogen (secondary N) is 1. The number of carbonyl (C=O) groups excluding carboxylic acids is 1. The summed E-state index contributed by atoms with van der Waals surface area (Å²) in [6, 6.07) is 26.0. The first kappa shape index (κ1) is 21.6. The zero-order valence-corrected chi connectivity index (χ0v) is 18.8. The van der Waals surface area contributed by atoms with Gasteiger partial charge in [0.2, 0.25) is 5.91 Å². The first-order chi connectivity index (χ1) is 15.7. The quantitative estimate of drug-likeness (QED) is 0.391. The Morgan fingerprint density at radius 1 is 1.00 bits per heavy atom. The standard InChI is InChI=1S/C25H24N4O2S/c1-18(19-12-14-21(15-13-19)20-8-4-3-5-9-20)27-24(30)16-32-25-28-26-17-29(25)22-10-6-7-11-23(22)31-2/h3-15,17-18H,16H2,1-2H3,(H,27,30)/t18-/m0/s1. The minimum absolute atomic E-state index is 0.0655. The maximum Gasteiger partial charge on any atom is 0.230 e. The summed E-state index contributed by atoms with van der Waals surface area (Å²) < 4.78 is 7.24. The first-order valence-corrected chi connectivity index (χ1v) is 11.2. The van der Waals surface area contributed by atoms with Gasteiger partial charge < -0.3 is 10.1 Å². The molecule has 6 nitrogen and oxygen atoms in total. The maximum atomic E-state index is 12.6. The number of hydrogen-bond donors (Lipinski definition) is 1. The third-order valence-corrected chi connectivity index (χ3v) is 6.03. The predicted octanol–water partition coefficient (Wildman–Crippen LogP) is 4.91. The van der Waals surface area contributed by atoms with Gasteiger partial charge in [0.1, 0.15) is 12.1 Å². The monoisotopic (exact) mass is 444 g/mol. The van der Waals surface area contributed by atoms with Gasteiger partial charge in [0.25, 0.3) is 0 Å². The molecule has 0 bridgehead atoms. The number of thioether (sulfide) groups is 1. The predicted molar refractivity (Wildman–Crippen MR) is 127 cm³/mol. The second kappa shape index (κ2) is 10.2. The molecule has 0 aliphatic carbocycles. The topological polar surface area (TPSA) is 69.0 Å². The number of ether oxygens (including phenoxy) is 1. The van der Waals surface area contributed by atoms with Crippen molar-refractivity contribution in [3.63, 3.8) is 0 Å². The van der Waals surface area contributed by atoms with E-state index in [1.807, 2.05) is 54.0 Å². The number of nitrogens with zero attached hydrogens (tertiary/aromatic N) is 3. The summed E-state index contributed by atoms with van der Waals surface area (Å²) in [6.45, 7) is 1.98. The summed E-state index contributed by atoms with van der Waals surface area (Å²) in [4.78, 5) is 12.6. The van der Waals surface area contributed by atoms with Gasteiger partial charge in [-0.3, -0.25) is 9.36 Å². The molecule has 3 aromatic carbocycles. The average Bonchev–Trinajstić information content (AvgIpc) is 3.32. The van der Waals surface area contributed by atoms with Gasteiger partial charge >= 0.3 is 0 Å². The van der Waals surface area contributed by atoms with E-state index in [0.29, 0.717) is 10.9 Å². The molecule has 4 rings (SSSR count). The number of hydrogen-bond acceptors (Lipinski definition) is 5. The van der Waals surface area contributed by atoms with Crippen molar-refractivity contribution in [3.8, 4) is 22.6 Å². The molecule has 0 aliphatic rings. The SMILES string of the molecule is COc1ccccc1-n1cnnc1SCC(=O)N[C@@H](C)c1ccc(-c2ccccc2)cc1. The lowest BCUT2D eigenvalue weighted by Gasteiger charge is -2.15. The number of amides is 1. The molecule has 1 amide bonds. The molecule has 0 aliphatic heterocycles. The number of para-hydroxylation sites is 2. The number of aromatic nitrogens is 3. The van der Waals surface area contributed by atoms with Gasteiger partial charge in [-0.25, -0.2) is 0 Å². The fraction of sp³-hybridized carbons (Fsp3) is 0.160. The van der Waals surface area contributed by atoms with Crippen molar-refractivity contribution >= 4 is 17.7 Å². The van der Waals surface area contributed by atoms with Gasteiger partial charge in [-0.05, 0) is 35.7 Å². The summed E-state index contributed by atoms with van der Waals surface area (Å²) in [6.07, 6.45) is 1.62. The second-order valence-electron chi connectivity index (χ2n) is 7.22. The summed E-state index contributed by atoms with van der Waals surface area (Å²) >= 11 is 1.33. The Morgan fingerprint density at radius 3 is 2.44 bits per heavy atom. The molecular weight excluding hydrogens is 420 g/mol. The van der Waals surface area contributed by atoms with E-state index < -0.39 is 0 Å². The molecule has 1 atom stereocenters. The van der Waals surface area contributed by atoms with Gasteiger partial charge in [0.15, 0.2) is 5.16 Å². The van der Waals surface area contributed by atoms with Crippen molar-refractivity contribution in [1.82, 2.24) is 20.1 Å². The number of carbonyl (C=O) groups is 1. The Hall–Kier alpha value is -3.58. The highest BCUT2D eigenvalue weighted by molar-refractivity contribution is 7.99. The van der Waals surface area contributed by atoms with Gasteiger partial charge in [-0.2, -0.15) is 0 Å². The lowest BCUT2D eigenvalue weighted by Crippen LogP contribution is -2.28. The smallest absolute Gasteiger partial charge is 0.230 e. The van der Waals surface area contributed by atoms with E-state index >= 15 is 0 Å². The highest BCUT2D eigenvalue weighted by atomic mass is 32.2. The third kappa shape index (κ3) is 5.00. The van der Waals surface area contributed by atoms with Crippen LogP contribution in [0.2, 0.25) is 0 Å². The van der Waals surface area contributed by atoms with Crippen molar-refractivity contribution in [3.05, 3.63) is 90.8 Å². The lowest BCUT2D eigenvalue weighted by atomic mass is 10.0. The third-order valence-electron chi connectivity index (χ3n) is 5.09. The molecule has 4 aromatic rings. The van der Waals surface area contributed by atoms with E-state index in [2.05, 4.69) is 51.9 Å². The number of rotatable bonds is 8. The number of benzene rings is 3.